The standard InChI is InChI=1S/C23H26ClNO5S2/c1-22(2)10-16-11-23(3,13-22)14-25(16)32(28,29)17-6-4-5-15(9-17)21(27)30-12-18(26)19-7-8-20(24)31-19/h4-9,16H,10-14H2,1-3H3. The molecule has 1 aromatic carbocycles. The lowest BCUT2D eigenvalue weighted by atomic mass is 9.65. The van der Waals surface area contributed by atoms with Gasteiger partial charge in [0.2, 0.25) is 15.8 Å². The second kappa shape index (κ2) is 8.24. The van der Waals surface area contributed by atoms with Crippen LogP contribution >= 0.6 is 22.9 Å². The molecular weight excluding hydrogens is 470 g/mol. The number of carbonyl (C=O) groups is 2. The van der Waals surface area contributed by atoms with E-state index in [4.69, 9.17) is 16.3 Å². The van der Waals surface area contributed by atoms with Gasteiger partial charge in [0.25, 0.3) is 0 Å². The van der Waals surface area contributed by atoms with E-state index in [9.17, 15) is 18.0 Å². The summed E-state index contributed by atoms with van der Waals surface area (Å²) in [6, 6.07) is 8.98. The first-order valence-electron chi connectivity index (χ1n) is 10.5. The number of esters is 1. The van der Waals surface area contributed by atoms with Crippen molar-refractivity contribution in [2.45, 2.75) is 51.0 Å². The summed E-state index contributed by atoms with van der Waals surface area (Å²) in [5.41, 5.74) is 0.144. The smallest absolute Gasteiger partial charge is 0.338 e. The topological polar surface area (TPSA) is 80.8 Å². The zero-order chi connectivity index (χ0) is 23.3. The molecule has 4 rings (SSSR count). The van der Waals surface area contributed by atoms with E-state index < -0.39 is 22.6 Å². The Kier molecular flexibility index (Phi) is 6.03. The van der Waals surface area contributed by atoms with E-state index in [2.05, 4.69) is 20.8 Å². The van der Waals surface area contributed by atoms with E-state index in [1.54, 1.807) is 16.4 Å². The molecule has 1 saturated carbocycles. The van der Waals surface area contributed by atoms with Crippen molar-refractivity contribution in [2.24, 2.45) is 10.8 Å². The molecule has 172 valence electrons. The summed E-state index contributed by atoms with van der Waals surface area (Å²) < 4.78 is 34.1. The zero-order valence-corrected chi connectivity index (χ0v) is 20.6. The van der Waals surface area contributed by atoms with Crippen molar-refractivity contribution in [3.8, 4) is 0 Å². The largest absolute Gasteiger partial charge is 0.454 e. The van der Waals surface area contributed by atoms with Gasteiger partial charge in [-0.2, -0.15) is 4.31 Å². The molecule has 0 N–H and O–H groups in total. The fraction of sp³-hybridized carbons (Fsp3) is 0.478. The Bertz CT molecular complexity index is 1170. The Balaban J connectivity index is 1.50. The van der Waals surface area contributed by atoms with Crippen LogP contribution in [-0.2, 0) is 14.8 Å². The van der Waals surface area contributed by atoms with Gasteiger partial charge in [-0.1, -0.05) is 38.4 Å². The Hall–Kier alpha value is -1.74. The van der Waals surface area contributed by atoms with Crippen molar-refractivity contribution < 1.29 is 22.7 Å². The third-order valence-electron chi connectivity index (χ3n) is 6.23. The predicted octanol–water partition coefficient (Wildman–Crippen LogP) is 5.03. The van der Waals surface area contributed by atoms with Gasteiger partial charge < -0.3 is 4.74 Å². The van der Waals surface area contributed by atoms with Gasteiger partial charge in [-0.25, -0.2) is 13.2 Å². The molecule has 1 saturated heterocycles. The lowest BCUT2D eigenvalue weighted by Gasteiger charge is -2.39. The second-order valence-electron chi connectivity index (χ2n) is 9.89. The molecule has 2 bridgehead atoms. The van der Waals surface area contributed by atoms with Gasteiger partial charge >= 0.3 is 5.97 Å². The minimum atomic E-state index is -3.76. The first kappa shape index (κ1) is 23.4. The number of nitrogens with zero attached hydrogens (tertiary/aromatic N) is 1. The van der Waals surface area contributed by atoms with Gasteiger partial charge in [0.05, 0.1) is 19.7 Å². The van der Waals surface area contributed by atoms with Gasteiger partial charge in [-0.3, -0.25) is 4.79 Å². The van der Waals surface area contributed by atoms with E-state index >= 15 is 0 Å². The summed E-state index contributed by atoms with van der Waals surface area (Å²) in [5, 5.41) is 0. The summed E-state index contributed by atoms with van der Waals surface area (Å²) in [6.45, 7) is 6.58. The lowest BCUT2D eigenvalue weighted by molar-refractivity contribution is 0.0475. The summed E-state index contributed by atoms with van der Waals surface area (Å²) >= 11 is 6.94. The van der Waals surface area contributed by atoms with Crippen LogP contribution in [0, 0.1) is 10.8 Å². The Morgan fingerprint density at radius 3 is 2.62 bits per heavy atom. The molecule has 2 unspecified atom stereocenters. The first-order valence-corrected chi connectivity index (χ1v) is 13.1. The van der Waals surface area contributed by atoms with E-state index in [-0.39, 0.29) is 33.1 Å². The third-order valence-corrected chi connectivity index (χ3v) is 9.39. The van der Waals surface area contributed by atoms with Crippen LogP contribution in [0.5, 0.6) is 0 Å². The summed E-state index contributed by atoms with van der Waals surface area (Å²) in [6.07, 6.45) is 2.66. The number of rotatable bonds is 6. The molecule has 9 heteroatoms. The maximum atomic E-state index is 13.5. The number of hydrogen-bond acceptors (Lipinski definition) is 6. The lowest BCUT2D eigenvalue weighted by Crippen LogP contribution is -2.37. The van der Waals surface area contributed by atoms with Gasteiger partial charge in [0, 0.05) is 12.6 Å². The normalized spacial score (nSPS) is 24.9. The van der Waals surface area contributed by atoms with Crippen molar-refractivity contribution in [1.82, 2.24) is 4.31 Å². The van der Waals surface area contributed by atoms with Crippen LogP contribution in [0.3, 0.4) is 0 Å². The molecule has 2 fully saturated rings. The van der Waals surface area contributed by atoms with Crippen molar-refractivity contribution >= 4 is 44.7 Å². The van der Waals surface area contributed by atoms with Crippen LogP contribution in [-0.4, -0.2) is 43.7 Å². The maximum Gasteiger partial charge on any atom is 0.338 e. The number of hydrogen-bond donors (Lipinski definition) is 0. The van der Waals surface area contributed by atoms with E-state index in [0.29, 0.717) is 15.8 Å². The Morgan fingerprint density at radius 1 is 1.19 bits per heavy atom. The summed E-state index contributed by atoms with van der Waals surface area (Å²) in [4.78, 5) is 25.1. The molecule has 2 aliphatic rings. The Labute approximate surface area is 197 Å². The number of Topliss-reactive ketones (excluding diaryl/α,β-unsaturated/α-hetero) is 1. The average Bonchev–Trinajstić information content (AvgIpc) is 3.25. The van der Waals surface area contributed by atoms with Gasteiger partial charge in [0.1, 0.15) is 0 Å². The molecule has 0 spiro atoms. The zero-order valence-electron chi connectivity index (χ0n) is 18.3. The van der Waals surface area contributed by atoms with Gasteiger partial charge in [-0.15, -0.1) is 11.3 Å². The van der Waals surface area contributed by atoms with Crippen LogP contribution in [0.25, 0.3) is 0 Å². The van der Waals surface area contributed by atoms with Crippen LogP contribution < -0.4 is 0 Å². The maximum absolute atomic E-state index is 13.5. The highest BCUT2D eigenvalue weighted by atomic mass is 35.5. The van der Waals surface area contributed by atoms with Crippen molar-refractivity contribution in [1.29, 1.82) is 0 Å². The highest BCUT2D eigenvalue weighted by Gasteiger charge is 2.53. The molecule has 6 nitrogen and oxygen atoms in total. The SMILES string of the molecule is CC1(C)CC2CC(C)(CN2S(=O)(=O)c2cccc(C(=O)OCC(=O)c3ccc(Cl)s3)c2)C1. The highest BCUT2D eigenvalue weighted by Crippen LogP contribution is 2.53. The predicted molar refractivity (Wildman–Crippen MR) is 124 cm³/mol. The fourth-order valence-corrected chi connectivity index (χ4v) is 8.15. The average molecular weight is 496 g/mol. The first-order chi connectivity index (χ1) is 14.9. The van der Waals surface area contributed by atoms with Crippen LogP contribution in [0.4, 0.5) is 0 Å². The minimum absolute atomic E-state index is 0.0406. The molecule has 1 aliphatic heterocycles. The Morgan fingerprint density at radius 2 is 1.94 bits per heavy atom. The number of ether oxygens (including phenoxy) is 1. The molecule has 2 atom stereocenters. The fourth-order valence-electron chi connectivity index (χ4n) is 5.36. The van der Waals surface area contributed by atoms with Crippen LogP contribution in [0.2, 0.25) is 4.34 Å². The van der Waals surface area contributed by atoms with Gasteiger partial charge in [0.15, 0.2) is 6.61 Å². The molecule has 2 heterocycles. The molecule has 32 heavy (non-hydrogen) atoms. The van der Waals surface area contributed by atoms with E-state index in [1.165, 1.54) is 24.3 Å². The number of benzene rings is 1. The summed E-state index contributed by atoms with van der Waals surface area (Å²) in [7, 11) is -3.76. The molecular formula is C23H26ClNO5S2. The molecule has 0 radical (unpaired) electrons. The molecule has 0 amide bonds. The van der Waals surface area contributed by atoms with Crippen molar-refractivity contribution in [2.75, 3.05) is 13.2 Å². The number of sulfonamides is 1. The number of ketones is 1. The molecule has 2 aromatic rings. The number of carbonyl (C=O) groups excluding carboxylic acids is 2. The molecule has 1 aromatic heterocycles. The van der Waals surface area contributed by atoms with Crippen LogP contribution in [0.15, 0.2) is 41.3 Å². The van der Waals surface area contributed by atoms with E-state index in [0.717, 1.165) is 30.6 Å². The number of fused-ring (bicyclic) bond motifs is 2. The van der Waals surface area contributed by atoms with Crippen molar-refractivity contribution in [3.63, 3.8) is 0 Å². The third kappa shape index (κ3) is 4.64. The van der Waals surface area contributed by atoms with E-state index in [1.807, 2.05) is 0 Å². The van der Waals surface area contributed by atoms with Crippen LogP contribution in [0.1, 0.15) is 60.1 Å². The van der Waals surface area contributed by atoms with Crippen molar-refractivity contribution in [3.05, 3.63) is 51.2 Å². The quantitative estimate of drug-likeness (QED) is 0.414. The molecule has 1 aliphatic carbocycles. The minimum Gasteiger partial charge on any atom is -0.454 e. The number of halogens is 1. The monoisotopic (exact) mass is 495 g/mol. The summed E-state index contributed by atoms with van der Waals surface area (Å²) in [5.74, 6) is -1.11. The highest BCUT2D eigenvalue weighted by molar-refractivity contribution is 7.89. The van der Waals surface area contributed by atoms with Gasteiger partial charge in [-0.05, 0) is 60.4 Å². The number of thiophene rings is 1. The second-order valence-corrected chi connectivity index (χ2v) is 13.5.